The minimum Gasteiger partial charge on any atom is -0.344 e. The van der Waals surface area contributed by atoms with Gasteiger partial charge in [0.15, 0.2) is 0 Å². The zero-order valence-electron chi connectivity index (χ0n) is 15.4. The van der Waals surface area contributed by atoms with Gasteiger partial charge in [-0.1, -0.05) is 6.07 Å². The summed E-state index contributed by atoms with van der Waals surface area (Å²) in [4.78, 5) is 26.2. The predicted molar refractivity (Wildman–Crippen MR) is 103 cm³/mol. The summed E-state index contributed by atoms with van der Waals surface area (Å²) in [5.74, 6) is -0.218. The molecular weight excluding hydrogens is 402 g/mol. The standard InChI is InChI=1S/C17H21N5O4S2/c1-11(18-16(23)12-5-6-12)17(24)21-7-9-22(10-8-21)28(25,26)14-4-2-3-13-15(14)20-27-19-13/h2-4,11-12H,5-10H2,1H3,(H,18,23)/t11-/m1/s1. The van der Waals surface area contributed by atoms with E-state index in [1.54, 1.807) is 24.0 Å². The highest BCUT2D eigenvalue weighted by Gasteiger charge is 2.35. The van der Waals surface area contributed by atoms with Crippen LogP contribution in [0.25, 0.3) is 11.0 Å². The second-order valence-corrected chi connectivity index (χ2v) is 9.56. The Morgan fingerprint density at radius 2 is 1.89 bits per heavy atom. The van der Waals surface area contributed by atoms with Gasteiger partial charge in [-0.05, 0) is 31.9 Å². The third-order valence-electron chi connectivity index (χ3n) is 5.09. The van der Waals surface area contributed by atoms with Gasteiger partial charge < -0.3 is 10.2 Å². The lowest BCUT2D eigenvalue weighted by Gasteiger charge is -2.35. The van der Waals surface area contributed by atoms with E-state index in [9.17, 15) is 18.0 Å². The number of benzene rings is 1. The summed E-state index contributed by atoms with van der Waals surface area (Å²) in [6.45, 7) is 2.64. The number of amides is 2. The highest BCUT2D eigenvalue weighted by atomic mass is 32.2. The highest BCUT2D eigenvalue weighted by Crippen LogP contribution is 2.29. The number of sulfonamides is 1. The topological polar surface area (TPSA) is 113 Å². The van der Waals surface area contributed by atoms with Crippen LogP contribution in [0.3, 0.4) is 0 Å². The number of rotatable bonds is 5. The lowest BCUT2D eigenvalue weighted by molar-refractivity contribution is -0.137. The van der Waals surface area contributed by atoms with Crippen molar-refractivity contribution < 1.29 is 18.0 Å². The molecule has 0 bridgehead atoms. The van der Waals surface area contributed by atoms with E-state index in [2.05, 4.69) is 14.1 Å². The van der Waals surface area contributed by atoms with E-state index in [-0.39, 0.29) is 48.8 Å². The van der Waals surface area contributed by atoms with Gasteiger partial charge in [0.1, 0.15) is 22.0 Å². The van der Waals surface area contributed by atoms with Crippen LogP contribution in [0.15, 0.2) is 23.1 Å². The molecule has 1 saturated heterocycles. The van der Waals surface area contributed by atoms with E-state index in [0.717, 1.165) is 24.6 Å². The zero-order chi connectivity index (χ0) is 19.9. The van der Waals surface area contributed by atoms with Crippen LogP contribution in [0.2, 0.25) is 0 Å². The molecule has 2 amide bonds. The van der Waals surface area contributed by atoms with Crippen molar-refractivity contribution >= 4 is 44.6 Å². The van der Waals surface area contributed by atoms with Crippen LogP contribution in [-0.4, -0.2) is 70.4 Å². The van der Waals surface area contributed by atoms with Gasteiger partial charge in [-0.15, -0.1) is 0 Å². The van der Waals surface area contributed by atoms with Crippen LogP contribution >= 0.6 is 11.7 Å². The first-order valence-electron chi connectivity index (χ1n) is 9.18. The predicted octanol–water partition coefficient (Wildman–Crippen LogP) is 0.439. The number of hydrogen-bond donors (Lipinski definition) is 1. The quantitative estimate of drug-likeness (QED) is 0.747. The van der Waals surface area contributed by atoms with E-state index < -0.39 is 16.1 Å². The molecule has 1 aromatic heterocycles. The van der Waals surface area contributed by atoms with E-state index >= 15 is 0 Å². The Labute approximate surface area is 167 Å². The normalized spacial score (nSPS) is 19.5. The van der Waals surface area contributed by atoms with Gasteiger partial charge in [-0.3, -0.25) is 9.59 Å². The summed E-state index contributed by atoms with van der Waals surface area (Å²) in [6.07, 6.45) is 1.76. The summed E-state index contributed by atoms with van der Waals surface area (Å²) < 4.78 is 35.7. The minimum absolute atomic E-state index is 0.0418. The Morgan fingerprint density at radius 1 is 1.18 bits per heavy atom. The van der Waals surface area contributed by atoms with Crippen molar-refractivity contribution in [1.29, 1.82) is 0 Å². The van der Waals surface area contributed by atoms with Crippen molar-refractivity contribution in [3.8, 4) is 0 Å². The van der Waals surface area contributed by atoms with Crippen LogP contribution in [-0.2, 0) is 19.6 Å². The Kier molecular flexibility index (Phi) is 5.06. The van der Waals surface area contributed by atoms with Crippen molar-refractivity contribution in [3.63, 3.8) is 0 Å². The Balaban J connectivity index is 1.41. The Hall–Kier alpha value is -2.11. The molecule has 1 saturated carbocycles. The second kappa shape index (κ2) is 7.37. The fraction of sp³-hybridized carbons (Fsp3) is 0.529. The van der Waals surface area contributed by atoms with Gasteiger partial charge in [0.25, 0.3) is 0 Å². The van der Waals surface area contributed by atoms with Gasteiger partial charge in [-0.25, -0.2) is 8.42 Å². The summed E-state index contributed by atoms with van der Waals surface area (Å²) in [7, 11) is -3.72. The first-order valence-corrected chi connectivity index (χ1v) is 11.4. The number of nitrogens with zero attached hydrogens (tertiary/aromatic N) is 4. The third kappa shape index (κ3) is 3.61. The molecule has 0 unspecified atom stereocenters. The van der Waals surface area contributed by atoms with Crippen molar-refractivity contribution in [2.75, 3.05) is 26.2 Å². The van der Waals surface area contributed by atoms with E-state index in [1.165, 1.54) is 10.4 Å². The van der Waals surface area contributed by atoms with Gasteiger partial charge in [0, 0.05) is 32.1 Å². The van der Waals surface area contributed by atoms with Crippen molar-refractivity contribution in [2.45, 2.75) is 30.7 Å². The zero-order valence-corrected chi connectivity index (χ0v) is 17.0. The van der Waals surface area contributed by atoms with E-state index in [1.807, 2.05) is 0 Å². The van der Waals surface area contributed by atoms with E-state index in [4.69, 9.17) is 0 Å². The molecule has 0 radical (unpaired) electrons. The summed E-state index contributed by atoms with van der Waals surface area (Å²) in [5.41, 5.74) is 0.933. The second-order valence-electron chi connectivity index (χ2n) is 7.12. The lowest BCUT2D eigenvalue weighted by Crippen LogP contribution is -2.55. The number of fused-ring (bicyclic) bond motifs is 1. The fourth-order valence-electron chi connectivity index (χ4n) is 3.29. The first-order chi connectivity index (χ1) is 13.4. The van der Waals surface area contributed by atoms with Crippen molar-refractivity contribution in [3.05, 3.63) is 18.2 Å². The summed E-state index contributed by atoms with van der Waals surface area (Å²) >= 11 is 0.978. The smallest absolute Gasteiger partial charge is 0.245 e. The molecule has 1 N–H and O–H groups in total. The Bertz CT molecular complexity index is 1010. The van der Waals surface area contributed by atoms with Crippen LogP contribution in [0.5, 0.6) is 0 Å². The van der Waals surface area contributed by atoms with Crippen LogP contribution < -0.4 is 5.32 Å². The Morgan fingerprint density at radius 3 is 2.57 bits per heavy atom. The molecule has 1 atom stereocenters. The van der Waals surface area contributed by atoms with Crippen LogP contribution in [0.1, 0.15) is 19.8 Å². The lowest BCUT2D eigenvalue weighted by atomic mass is 10.2. The molecule has 1 aromatic carbocycles. The number of nitrogens with one attached hydrogen (secondary N) is 1. The van der Waals surface area contributed by atoms with Crippen LogP contribution in [0.4, 0.5) is 0 Å². The van der Waals surface area contributed by atoms with Crippen molar-refractivity contribution in [2.24, 2.45) is 5.92 Å². The highest BCUT2D eigenvalue weighted by molar-refractivity contribution is 7.89. The minimum atomic E-state index is -3.72. The molecule has 28 heavy (non-hydrogen) atoms. The number of aromatic nitrogens is 2. The van der Waals surface area contributed by atoms with Crippen LogP contribution in [0, 0.1) is 5.92 Å². The van der Waals surface area contributed by atoms with E-state index in [0.29, 0.717) is 11.0 Å². The maximum atomic E-state index is 13.0. The first kappa shape index (κ1) is 19.2. The molecule has 1 aliphatic carbocycles. The summed E-state index contributed by atoms with van der Waals surface area (Å²) in [6, 6.07) is 4.31. The third-order valence-corrected chi connectivity index (χ3v) is 7.57. The average Bonchev–Trinajstić information content (AvgIpc) is 3.44. The fourth-order valence-corrected chi connectivity index (χ4v) is 5.46. The molecular formula is C17H21N5O4S2. The molecule has 150 valence electrons. The molecule has 9 nitrogen and oxygen atoms in total. The number of carbonyl (C=O) groups is 2. The molecule has 2 aliphatic rings. The molecule has 2 fully saturated rings. The maximum absolute atomic E-state index is 13.0. The largest absolute Gasteiger partial charge is 0.344 e. The van der Waals surface area contributed by atoms with Gasteiger partial charge in [0.05, 0.1) is 11.7 Å². The SMILES string of the molecule is C[C@@H](NC(=O)C1CC1)C(=O)N1CCN(S(=O)(=O)c2cccc3nsnc23)CC1. The molecule has 11 heteroatoms. The number of piperazine rings is 1. The molecule has 2 heterocycles. The van der Waals surface area contributed by atoms with Gasteiger partial charge >= 0.3 is 0 Å². The summed E-state index contributed by atoms with van der Waals surface area (Å²) in [5, 5.41) is 2.75. The molecule has 1 aliphatic heterocycles. The van der Waals surface area contributed by atoms with Gasteiger partial charge in [-0.2, -0.15) is 13.1 Å². The molecule has 2 aromatic rings. The number of hydrogen-bond acceptors (Lipinski definition) is 7. The average molecular weight is 424 g/mol. The van der Waals surface area contributed by atoms with Gasteiger partial charge in [0.2, 0.25) is 21.8 Å². The van der Waals surface area contributed by atoms with Crippen molar-refractivity contribution in [1.82, 2.24) is 23.3 Å². The maximum Gasteiger partial charge on any atom is 0.245 e. The molecule has 0 spiro atoms. The monoisotopic (exact) mass is 423 g/mol. The number of carbonyl (C=O) groups excluding carboxylic acids is 2. The molecule has 4 rings (SSSR count).